The molecule has 1 atom stereocenters. The van der Waals surface area contributed by atoms with Crippen LogP contribution >= 0.6 is 0 Å². The van der Waals surface area contributed by atoms with E-state index in [1.807, 2.05) is 24.1 Å². The fourth-order valence-corrected chi connectivity index (χ4v) is 1.39. The summed E-state index contributed by atoms with van der Waals surface area (Å²) in [5.74, 6) is 0.602. The molecule has 4 heteroatoms. The average Bonchev–Trinajstić information content (AvgIpc) is 2.61. The van der Waals surface area contributed by atoms with Gasteiger partial charge in [-0.1, -0.05) is 13.8 Å². The zero-order valence-electron chi connectivity index (χ0n) is 10.7. The number of rotatable bonds is 7. The zero-order valence-corrected chi connectivity index (χ0v) is 10.7. The second-order valence-corrected chi connectivity index (χ2v) is 4.74. The lowest BCUT2D eigenvalue weighted by molar-refractivity contribution is 0.0935. The molecular weight excluding hydrogens is 202 g/mol. The van der Waals surface area contributed by atoms with E-state index in [1.54, 1.807) is 0 Å². The van der Waals surface area contributed by atoms with Gasteiger partial charge in [-0.3, -0.25) is 4.68 Å². The molecule has 1 rings (SSSR count). The van der Waals surface area contributed by atoms with Gasteiger partial charge < -0.3 is 10.1 Å². The Labute approximate surface area is 98.0 Å². The first-order chi connectivity index (χ1) is 7.58. The monoisotopic (exact) mass is 225 g/mol. The average molecular weight is 225 g/mol. The molecule has 0 spiro atoms. The van der Waals surface area contributed by atoms with Crippen molar-refractivity contribution >= 4 is 0 Å². The summed E-state index contributed by atoms with van der Waals surface area (Å²) in [4.78, 5) is 0. The van der Waals surface area contributed by atoms with Gasteiger partial charge in [-0.05, 0) is 12.8 Å². The molecular formula is C12H23N3O. The fourth-order valence-electron chi connectivity index (χ4n) is 1.39. The Morgan fingerprint density at radius 3 is 2.69 bits per heavy atom. The third-order valence-corrected chi connectivity index (χ3v) is 2.23. The van der Waals surface area contributed by atoms with E-state index in [9.17, 15) is 0 Å². The maximum absolute atomic E-state index is 5.57. The fraction of sp³-hybridized carbons (Fsp3) is 0.750. The Balaban J connectivity index is 2.12. The lowest BCUT2D eigenvalue weighted by Crippen LogP contribution is -2.30. The lowest BCUT2D eigenvalue weighted by atomic mass is 10.2. The topological polar surface area (TPSA) is 39.1 Å². The summed E-state index contributed by atoms with van der Waals surface area (Å²) in [6, 6.07) is 0.374. The van der Waals surface area contributed by atoms with Gasteiger partial charge in [-0.15, -0.1) is 0 Å². The van der Waals surface area contributed by atoms with Crippen LogP contribution in [0.4, 0.5) is 0 Å². The van der Waals surface area contributed by atoms with Crippen molar-refractivity contribution in [3.8, 4) is 0 Å². The van der Waals surface area contributed by atoms with Crippen molar-refractivity contribution in [3.63, 3.8) is 0 Å². The molecule has 4 nitrogen and oxygen atoms in total. The van der Waals surface area contributed by atoms with Crippen LogP contribution in [0.3, 0.4) is 0 Å². The van der Waals surface area contributed by atoms with Crippen LogP contribution in [0.5, 0.6) is 0 Å². The molecule has 92 valence electrons. The van der Waals surface area contributed by atoms with Crippen LogP contribution < -0.4 is 5.32 Å². The molecule has 1 aromatic rings. The van der Waals surface area contributed by atoms with E-state index in [2.05, 4.69) is 31.2 Å². The molecule has 0 saturated carbocycles. The van der Waals surface area contributed by atoms with Gasteiger partial charge in [-0.2, -0.15) is 5.10 Å². The minimum atomic E-state index is 0.374. The van der Waals surface area contributed by atoms with Crippen molar-refractivity contribution in [3.05, 3.63) is 18.0 Å². The van der Waals surface area contributed by atoms with Gasteiger partial charge in [-0.25, -0.2) is 0 Å². The summed E-state index contributed by atoms with van der Waals surface area (Å²) in [6.07, 6.45) is 3.91. The number of aromatic nitrogens is 2. The quantitative estimate of drug-likeness (QED) is 0.765. The molecule has 0 amide bonds. The first-order valence-corrected chi connectivity index (χ1v) is 5.86. The largest absolute Gasteiger partial charge is 0.380 e. The highest BCUT2D eigenvalue weighted by atomic mass is 16.5. The minimum absolute atomic E-state index is 0.374. The van der Waals surface area contributed by atoms with Crippen LogP contribution in [-0.2, 0) is 18.3 Å². The Kier molecular flexibility index (Phi) is 5.49. The molecule has 0 saturated heterocycles. The van der Waals surface area contributed by atoms with Gasteiger partial charge in [0.25, 0.3) is 0 Å². The highest BCUT2D eigenvalue weighted by Gasteiger charge is 2.03. The summed E-state index contributed by atoms with van der Waals surface area (Å²) >= 11 is 0. The number of nitrogens with zero attached hydrogens (tertiary/aromatic N) is 2. The maximum atomic E-state index is 5.57. The third-order valence-electron chi connectivity index (χ3n) is 2.23. The van der Waals surface area contributed by atoms with E-state index in [0.29, 0.717) is 12.0 Å². The van der Waals surface area contributed by atoms with Crippen LogP contribution in [0, 0.1) is 5.92 Å². The molecule has 1 N–H and O–H groups in total. The van der Waals surface area contributed by atoms with E-state index in [0.717, 1.165) is 19.8 Å². The van der Waals surface area contributed by atoms with Crippen molar-refractivity contribution in [2.24, 2.45) is 13.0 Å². The van der Waals surface area contributed by atoms with Crippen molar-refractivity contribution in [1.29, 1.82) is 0 Å². The van der Waals surface area contributed by atoms with E-state index >= 15 is 0 Å². The Morgan fingerprint density at radius 2 is 2.12 bits per heavy atom. The normalized spacial score (nSPS) is 13.3. The second kappa shape index (κ2) is 6.66. The van der Waals surface area contributed by atoms with E-state index in [1.165, 1.54) is 5.56 Å². The van der Waals surface area contributed by atoms with Gasteiger partial charge in [0.05, 0.1) is 12.8 Å². The predicted octanol–water partition coefficient (Wildman–Crippen LogP) is 1.57. The van der Waals surface area contributed by atoms with Gasteiger partial charge in [0.1, 0.15) is 0 Å². The number of hydrogen-bond acceptors (Lipinski definition) is 3. The number of nitrogens with one attached hydrogen (secondary N) is 1. The minimum Gasteiger partial charge on any atom is -0.380 e. The number of aryl methyl sites for hydroxylation is 1. The van der Waals surface area contributed by atoms with Crippen LogP contribution in [0.15, 0.2) is 12.4 Å². The van der Waals surface area contributed by atoms with Crippen molar-refractivity contribution in [1.82, 2.24) is 15.1 Å². The predicted molar refractivity (Wildman–Crippen MR) is 65.2 cm³/mol. The molecule has 0 aliphatic carbocycles. The van der Waals surface area contributed by atoms with Crippen LogP contribution in [0.2, 0.25) is 0 Å². The summed E-state index contributed by atoms with van der Waals surface area (Å²) < 4.78 is 7.38. The van der Waals surface area contributed by atoms with Crippen LogP contribution in [-0.4, -0.2) is 29.0 Å². The molecule has 0 aromatic carbocycles. The first kappa shape index (κ1) is 13.2. The van der Waals surface area contributed by atoms with E-state index in [4.69, 9.17) is 4.74 Å². The first-order valence-electron chi connectivity index (χ1n) is 5.86. The molecule has 0 bridgehead atoms. The molecule has 1 heterocycles. The van der Waals surface area contributed by atoms with E-state index in [-0.39, 0.29) is 0 Å². The molecule has 1 unspecified atom stereocenters. The van der Waals surface area contributed by atoms with Gasteiger partial charge in [0.2, 0.25) is 0 Å². The Hall–Kier alpha value is -0.870. The molecule has 0 aliphatic heterocycles. The van der Waals surface area contributed by atoms with Crippen LogP contribution in [0.25, 0.3) is 0 Å². The Morgan fingerprint density at radius 1 is 1.38 bits per heavy atom. The summed E-state index contributed by atoms with van der Waals surface area (Å²) in [6.45, 7) is 8.90. The SMILES string of the molecule is CC(C)COCC(C)NCc1cnn(C)c1. The second-order valence-electron chi connectivity index (χ2n) is 4.74. The number of hydrogen-bond donors (Lipinski definition) is 1. The number of ether oxygens (including phenoxy) is 1. The van der Waals surface area contributed by atoms with Gasteiger partial charge in [0, 0.05) is 38.0 Å². The summed E-state index contributed by atoms with van der Waals surface area (Å²) in [5, 5.41) is 7.53. The highest BCUT2D eigenvalue weighted by Crippen LogP contribution is 1.98. The third kappa shape index (κ3) is 5.28. The molecule has 0 aliphatic rings. The standard InChI is InChI=1S/C12H23N3O/c1-10(2)8-16-9-11(3)13-5-12-6-14-15(4)7-12/h6-7,10-11,13H,5,8-9H2,1-4H3. The maximum Gasteiger partial charge on any atom is 0.0617 e. The van der Waals surface area contributed by atoms with Gasteiger partial charge >= 0.3 is 0 Å². The molecule has 0 fully saturated rings. The summed E-state index contributed by atoms with van der Waals surface area (Å²) in [5.41, 5.74) is 1.21. The van der Waals surface area contributed by atoms with Crippen molar-refractivity contribution in [2.75, 3.05) is 13.2 Å². The highest BCUT2D eigenvalue weighted by molar-refractivity contribution is 5.02. The van der Waals surface area contributed by atoms with Crippen molar-refractivity contribution < 1.29 is 4.74 Å². The van der Waals surface area contributed by atoms with Gasteiger partial charge in [0.15, 0.2) is 0 Å². The van der Waals surface area contributed by atoms with E-state index < -0.39 is 0 Å². The zero-order chi connectivity index (χ0) is 12.0. The molecule has 1 aromatic heterocycles. The Bertz CT molecular complexity index is 296. The van der Waals surface area contributed by atoms with Crippen LogP contribution in [0.1, 0.15) is 26.3 Å². The lowest BCUT2D eigenvalue weighted by Gasteiger charge is -2.14. The molecule has 0 radical (unpaired) electrons. The molecule has 16 heavy (non-hydrogen) atoms. The van der Waals surface area contributed by atoms with Crippen molar-refractivity contribution in [2.45, 2.75) is 33.4 Å². The summed E-state index contributed by atoms with van der Waals surface area (Å²) in [7, 11) is 1.93. The smallest absolute Gasteiger partial charge is 0.0617 e.